The molecule has 5 nitrogen and oxygen atoms in total. The lowest BCUT2D eigenvalue weighted by Crippen LogP contribution is -2.00. The van der Waals surface area contributed by atoms with E-state index in [1.807, 2.05) is 18.2 Å². The standard InChI is InChI=1S/C16H14N4OS/c1-2-12(11-7-4-3-5-8-11)15-19-20-14(13-9-6-10-21-13)17-18-16(20)22-15/h3-10,12H,2H2,1H3/t12-/m0/s1. The molecule has 4 aromatic rings. The fraction of sp³-hybridized carbons (Fsp3) is 0.188. The van der Waals surface area contributed by atoms with Crippen LogP contribution in [0.4, 0.5) is 0 Å². The Kier molecular flexibility index (Phi) is 3.23. The molecular formula is C16H14N4OS. The summed E-state index contributed by atoms with van der Waals surface area (Å²) in [6.45, 7) is 2.17. The van der Waals surface area contributed by atoms with Gasteiger partial charge < -0.3 is 4.42 Å². The van der Waals surface area contributed by atoms with Crippen molar-refractivity contribution in [3.05, 3.63) is 59.3 Å². The highest BCUT2D eigenvalue weighted by Gasteiger charge is 2.20. The Morgan fingerprint density at radius 1 is 1.14 bits per heavy atom. The van der Waals surface area contributed by atoms with Crippen LogP contribution in [0.1, 0.15) is 29.8 Å². The summed E-state index contributed by atoms with van der Waals surface area (Å²) in [5, 5.41) is 14.2. The number of nitrogens with zero attached hydrogens (tertiary/aromatic N) is 4. The van der Waals surface area contributed by atoms with Gasteiger partial charge in [-0.3, -0.25) is 0 Å². The van der Waals surface area contributed by atoms with Crippen LogP contribution in [0.15, 0.2) is 53.1 Å². The zero-order valence-electron chi connectivity index (χ0n) is 12.0. The number of rotatable bonds is 4. The molecule has 0 aliphatic carbocycles. The molecule has 0 spiro atoms. The number of benzene rings is 1. The quantitative estimate of drug-likeness (QED) is 0.572. The van der Waals surface area contributed by atoms with Gasteiger partial charge in [-0.05, 0) is 24.1 Å². The summed E-state index contributed by atoms with van der Waals surface area (Å²) in [6.07, 6.45) is 2.62. The Morgan fingerprint density at radius 2 is 2.00 bits per heavy atom. The van der Waals surface area contributed by atoms with E-state index in [4.69, 9.17) is 9.52 Å². The van der Waals surface area contributed by atoms with E-state index in [0.29, 0.717) is 11.6 Å². The molecule has 110 valence electrons. The van der Waals surface area contributed by atoms with Crippen LogP contribution in [0.25, 0.3) is 16.5 Å². The van der Waals surface area contributed by atoms with Crippen LogP contribution in [0.2, 0.25) is 0 Å². The van der Waals surface area contributed by atoms with Crippen LogP contribution in [-0.2, 0) is 0 Å². The predicted octanol–water partition coefficient (Wildman–Crippen LogP) is 3.99. The van der Waals surface area contributed by atoms with Gasteiger partial charge in [0.2, 0.25) is 10.8 Å². The van der Waals surface area contributed by atoms with Gasteiger partial charge in [-0.2, -0.15) is 9.61 Å². The number of hydrogen-bond donors (Lipinski definition) is 0. The molecule has 6 heteroatoms. The Labute approximate surface area is 131 Å². The Bertz CT molecular complexity index is 880. The van der Waals surface area contributed by atoms with Crippen LogP contribution in [0, 0.1) is 0 Å². The first kappa shape index (κ1) is 13.2. The van der Waals surface area contributed by atoms with E-state index in [1.165, 1.54) is 5.56 Å². The van der Waals surface area contributed by atoms with Gasteiger partial charge in [-0.25, -0.2) is 0 Å². The second kappa shape index (κ2) is 5.38. The van der Waals surface area contributed by atoms with Crippen molar-refractivity contribution in [3.63, 3.8) is 0 Å². The van der Waals surface area contributed by atoms with E-state index < -0.39 is 0 Å². The second-order valence-electron chi connectivity index (χ2n) is 5.01. The largest absolute Gasteiger partial charge is 0.461 e. The van der Waals surface area contributed by atoms with Gasteiger partial charge in [0.15, 0.2) is 5.76 Å². The van der Waals surface area contributed by atoms with E-state index in [1.54, 1.807) is 22.1 Å². The van der Waals surface area contributed by atoms with E-state index in [9.17, 15) is 0 Å². The van der Waals surface area contributed by atoms with Crippen molar-refractivity contribution in [1.29, 1.82) is 0 Å². The van der Waals surface area contributed by atoms with Crippen molar-refractivity contribution in [2.24, 2.45) is 0 Å². The minimum Gasteiger partial charge on any atom is -0.461 e. The van der Waals surface area contributed by atoms with Crippen molar-refractivity contribution in [2.75, 3.05) is 0 Å². The van der Waals surface area contributed by atoms with Crippen molar-refractivity contribution in [1.82, 2.24) is 19.8 Å². The van der Waals surface area contributed by atoms with Gasteiger partial charge in [0.05, 0.1) is 6.26 Å². The van der Waals surface area contributed by atoms with Gasteiger partial charge in [0.1, 0.15) is 5.01 Å². The molecule has 0 saturated carbocycles. The summed E-state index contributed by atoms with van der Waals surface area (Å²) >= 11 is 1.58. The highest BCUT2D eigenvalue weighted by atomic mass is 32.1. The fourth-order valence-corrected chi connectivity index (χ4v) is 3.62. The minimum atomic E-state index is 0.275. The molecule has 0 aliphatic heterocycles. The predicted molar refractivity (Wildman–Crippen MR) is 84.9 cm³/mol. The average molecular weight is 310 g/mol. The summed E-state index contributed by atoms with van der Waals surface area (Å²) in [5.74, 6) is 1.60. The maximum atomic E-state index is 5.41. The zero-order chi connectivity index (χ0) is 14.9. The highest BCUT2D eigenvalue weighted by molar-refractivity contribution is 7.16. The van der Waals surface area contributed by atoms with Crippen molar-refractivity contribution in [2.45, 2.75) is 19.3 Å². The van der Waals surface area contributed by atoms with Gasteiger partial charge in [-0.15, -0.1) is 10.2 Å². The van der Waals surface area contributed by atoms with Crippen LogP contribution in [-0.4, -0.2) is 19.8 Å². The van der Waals surface area contributed by atoms with E-state index in [0.717, 1.165) is 16.4 Å². The molecule has 0 amide bonds. The number of hydrogen-bond acceptors (Lipinski definition) is 5. The van der Waals surface area contributed by atoms with Crippen LogP contribution in [0.5, 0.6) is 0 Å². The van der Waals surface area contributed by atoms with E-state index >= 15 is 0 Å². The van der Waals surface area contributed by atoms with Gasteiger partial charge in [-0.1, -0.05) is 48.6 Å². The van der Waals surface area contributed by atoms with Crippen molar-refractivity contribution in [3.8, 4) is 11.6 Å². The fourth-order valence-electron chi connectivity index (χ4n) is 2.57. The summed E-state index contributed by atoms with van der Waals surface area (Å²) in [7, 11) is 0. The third-order valence-electron chi connectivity index (χ3n) is 3.66. The molecular weight excluding hydrogens is 296 g/mol. The number of fused-ring (bicyclic) bond motifs is 1. The molecule has 22 heavy (non-hydrogen) atoms. The molecule has 0 saturated heterocycles. The van der Waals surface area contributed by atoms with Crippen LogP contribution < -0.4 is 0 Å². The second-order valence-corrected chi connectivity index (χ2v) is 5.99. The first-order chi connectivity index (χ1) is 10.9. The maximum absolute atomic E-state index is 5.41. The summed E-state index contributed by atoms with van der Waals surface area (Å²) in [4.78, 5) is 0.788. The molecule has 0 bridgehead atoms. The lowest BCUT2D eigenvalue weighted by molar-refractivity contribution is 0.574. The molecule has 1 atom stereocenters. The zero-order valence-corrected chi connectivity index (χ0v) is 12.8. The first-order valence-electron chi connectivity index (χ1n) is 7.17. The number of furan rings is 1. The third kappa shape index (κ3) is 2.12. The van der Waals surface area contributed by atoms with Crippen LogP contribution >= 0.6 is 11.3 Å². The molecule has 3 aromatic heterocycles. The smallest absolute Gasteiger partial charge is 0.235 e. The van der Waals surface area contributed by atoms with E-state index in [-0.39, 0.29) is 5.92 Å². The molecule has 1 aromatic carbocycles. The van der Waals surface area contributed by atoms with E-state index in [2.05, 4.69) is 41.4 Å². The molecule has 0 N–H and O–H groups in total. The molecule has 4 rings (SSSR count). The minimum absolute atomic E-state index is 0.275. The topological polar surface area (TPSA) is 56.2 Å². The Morgan fingerprint density at radius 3 is 2.73 bits per heavy atom. The molecule has 0 radical (unpaired) electrons. The lowest BCUT2D eigenvalue weighted by atomic mass is 9.97. The molecule has 3 heterocycles. The normalized spacial score (nSPS) is 12.8. The Balaban J connectivity index is 1.80. The summed E-state index contributed by atoms with van der Waals surface area (Å²) in [5.41, 5.74) is 1.27. The maximum Gasteiger partial charge on any atom is 0.235 e. The molecule has 0 fully saturated rings. The third-order valence-corrected chi connectivity index (χ3v) is 4.67. The lowest BCUT2D eigenvalue weighted by Gasteiger charge is -2.11. The summed E-state index contributed by atoms with van der Waals surface area (Å²) in [6, 6.07) is 14.1. The Hall–Kier alpha value is -2.47. The highest BCUT2D eigenvalue weighted by Crippen LogP contribution is 2.32. The first-order valence-corrected chi connectivity index (χ1v) is 7.99. The monoisotopic (exact) mass is 310 g/mol. The van der Waals surface area contributed by atoms with Crippen molar-refractivity contribution < 1.29 is 4.42 Å². The molecule has 0 unspecified atom stereocenters. The van der Waals surface area contributed by atoms with Crippen molar-refractivity contribution >= 4 is 16.3 Å². The van der Waals surface area contributed by atoms with Gasteiger partial charge >= 0.3 is 0 Å². The van der Waals surface area contributed by atoms with Crippen LogP contribution in [0.3, 0.4) is 0 Å². The van der Waals surface area contributed by atoms with Gasteiger partial charge in [0.25, 0.3) is 0 Å². The summed E-state index contributed by atoms with van der Waals surface area (Å²) < 4.78 is 7.18. The number of aromatic nitrogens is 4. The molecule has 0 aliphatic rings. The van der Waals surface area contributed by atoms with Gasteiger partial charge in [0, 0.05) is 5.92 Å². The SMILES string of the molecule is CC[C@@H](c1ccccc1)c1nn2c(-c3ccco3)nnc2s1. The average Bonchev–Trinajstić information content (AvgIpc) is 3.25.